The van der Waals surface area contributed by atoms with Crippen LogP contribution in [0.2, 0.25) is 0 Å². The van der Waals surface area contributed by atoms with Crippen LogP contribution in [0.4, 0.5) is 0 Å². The molecule has 0 aromatic heterocycles. The maximum Gasteiger partial charge on any atom is 0.0193 e. The molecular weight excluding hydrogens is 196 g/mol. The van der Waals surface area contributed by atoms with Gasteiger partial charge in [-0.25, -0.2) is 0 Å². The van der Waals surface area contributed by atoms with E-state index in [1.165, 1.54) is 32.4 Å². The summed E-state index contributed by atoms with van der Waals surface area (Å²) in [6.45, 7) is 12.6. The third-order valence-corrected chi connectivity index (χ3v) is 3.34. The zero-order chi connectivity index (χ0) is 12.0. The Labute approximate surface area is 101 Å². The van der Waals surface area contributed by atoms with Crippen molar-refractivity contribution in [3.63, 3.8) is 0 Å². The summed E-state index contributed by atoms with van der Waals surface area (Å²) in [7, 11) is 0. The summed E-state index contributed by atoms with van der Waals surface area (Å²) < 4.78 is 0. The predicted molar refractivity (Wildman–Crippen MR) is 71.8 cm³/mol. The summed E-state index contributed by atoms with van der Waals surface area (Å²) in [5.74, 6) is 0. The molecule has 1 aliphatic rings. The largest absolute Gasteiger partial charge is 0.315 e. The predicted octanol–water partition coefficient (Wildman–Crippen LogP) is 2.81. The molecule has 94 valence electrons. The third-order valence-electron chi connectivity index (χ3n) is 3.34. The van der Waals surface area contributed by atoms with Gasteiger partial charge in [0.1, 0.15) is 0 Å². The summed E-state index contributed by atoms with van der Waals surface area (Å²) in [6, 6.07) is 1.35. The van der Waals surface area contributed by atoms with Crippen LogP contribution in [0.15, 0.2) is 11.6 Å². The van der Waals surface area contributed by atoms with Gasteiger partial charge in [-0.15, -0.1) is 0 Å². The van der Waals surface area contributed by atoms with Gasteiger partial charge in [-0.2, -0.15) is 0 Å². The minimum absolute atomic E-state index is 0.621. The van der Waals surface area contributed by atoms with Gasteiger partial charge in [-0.3, -0.25) is 4.90 Å². The molecule has 2 nitrogen and oxygen atoms in total. The van der Waals surface area contributed by atoms with Crippen molar-refractivity contribution in [2.45, 2.75) is 59.0 Å². The molecule has 0 saturated carbocycles. The Bertz CT molecular complexity index is 221. The van der Waals surface area contributed by atoms with Crippen molar-refractivity contribution in [2.24, 2.45) is 0 Å². The molecule has 0 aromatic carbocycles. The molecule has 0 amide bonds. The smallest absolute Gasteiger partial charge is 0.0193 e. The minimum Gasteiger partial charge on any atom is -0.315 e. The first kappa shape index (κ1) is 13.7. The second-order valence-corrected chi connectivity index (χ2v) is 5.41. The van der Waals surface area contributed by atoms with Crippen LogP contribution in [0, 0.1) is 0 Å². The number of hydrogen-bond acceptors (Lipinski definition) is 2. The fraction of sp³-hybridized carbons (Fsp3) is 0.857. The van der Waals surface area contributed by atoms with Gasteiger partial charge in [0.2, 0.25) is 0 Å². The quantitative estimate of drug-likeness (QED) is 0.551. The first-order valence-electron chi connectivity index (χ1n) is 6.72. The fourth-order valence-corrected chi connectivity index (χ4v) is 2.29. The molecule has 1 rings (SSSR count). The molecule has 0 aromatic rings. The topological polar surface area (TPSA) is 15.3 Å². The molecule has 0 radical (unpaired) electrons. The van der Waals surface area contributed by atoms with E-state index in [1.807, 2.05) is 0 Å². The van der Waals surface area contributed by atoms with E-state index in [0.29, 0.717) is 6.04 Å². The molecule has 0 aliphatic carbocycles. The molecule has 1 heterocycles. The zero-order valence-corrected chi connectivity index (χ0v) is 11.4. The van der Waals surface area contributed by atoms with Crippen LogP contribution in [0.5, 0.6) is 0 Å². The van der Waals surface area contributed by atoms with E-state index in [4.69, 9.17) is 0 Å². The molecule has 2 heteroatoms. The molecule has 1 atom stereocenters. The van der Waals surface area contributed by atoms with Crippen LogP contribution >= 0.6 is 0 Å². The third kappa shape index (κ3) is 5.13. The second kappa shape index (κ2) is 7.08. The van der Waals surface area contributed by atoms with Crippen molar-refractivity contribution in [1.29, 1.82) is 0 Å². The van der Waals surface area contributed by atoms with Crippen LogP contribution in [0.3, 0.4) is 0 Å². The Morgan fingerprint density at radius 1 is 1.38 bits per heavy atom. The zero-order valence-electron chi connectivity index (χ0n) is 11.4. The molecule has 1 unspecified atom stereocenters. The van der Waals surface area contributed by atoms with Crippen molar-refractivity contribution >= 4 is 0 Å². The van der Waals surface area contributed by atoms with E-state index in [9.17, 15) is 0 Å². The number of hydrogen-bond donors (Lipinski definition) is 1. The first-order valence-corrected chi connectivity index (χ1v) is 6.72. The van der Waals surface area contributed by atoms with Crippen molar-refractivity contribution in [3.8, 4) is 0 Å². The van der Waals surface area contributed by atoms with Crippen LogP contribution in [0.25, 0.3) is 0 Å². The summed E-state index contributed by atoms with van der Waals surface area (Å²) in [5.41, 5.74) is 1.54. The summed E-state index contributed by atoms with van der Waals surface area (Å²) in [6.07, 6.45) is 6.22. The van der Waals surface area contributed by atoms with Gasteiger partial charge in [0, 0.05) is 25.2 Å². The van der Waals surface area contributed by atoms with Crippen molar-refractivity contribution in [3.05, 3.63) is 11.6 Å². The summed E-state index contributed by atoms with van der Waals surface area (Å²) in [4.78, 5) is 2.62. The van der Waals surface area contributed by atoms with Crippen LogP contribution < -0.4 is 5.32 Å². The van der Waals surface area contributed by atoms with Crippen LogP contribution in [-0.4, -0.2) is 36.6 Å². The van der Waals surface area contributed by atoms with Gasteiger partial charge in [0.25, 0.3) is 0 Å². The lowest BCUT2D eigenvalue weighted by molar-refractivity contribution is 0.208. The maximum atomic E-state index is 3.48. The van der Waals surface area contributed by atoms with E-state index in [0.717, 1.165) is 12.6 Å². The SMILES string of the molecule is CC1=CCCN(C(C)CCCNC(C)C)C1. The summed E-state index contributed by atoms with van der Waals surface area (Å²) >= 11 is 0. The monoisotopic (exact) mass is 224 g/mol. The van der Waals surface area contributed by atoms with E-state index in [-0.39, 0.29) is 0 Å². The van der Waals surface area contributed by atoms with Crippen molar-refractivity contribution in [1.82, 2.24) is 10.2 Å². The van der Waals surface area contributed by atoms with Gasteiger partial charge < -0.3 is 5.32 Å². The molecule has 0 bridgehead atoms. The van der Waals surface area contributed by atoms with E-state index in [2.05, 4.69) is 44.0 Å². The maximum absolute atomic E-state index is 3.48. The Morgan fingerprint density at radius 2 is 2.12 bits per heavy atom. The highest BCUT2D eigenvalue weighted by molar-refractivity contribution is 5.05. The minimum atomic E-state index is 0.621. The molecule has 0 saturated heterocycles. The molecule has 1 aliphatic heterocycles. The fourth-order valence-electron chi connectivity index (χ4n) is 2.29. The van der Waals surface area contributed by atoms with E-state index >= 15 is 0 Å². The lowest BCUT2D eigenvalue weighted by Crippen LogP contribution is -2.37. The number of nitrogens with one attached hydrogen (secondary N) is 1. The van der Waals surface area contributed by atoms with Gasteiger partial charge in [-0.1, -0.05) is 25.5 Å². The van der Waals surface area contributed by atoms with Crippen LogP contribution in [-0.2, 0) is 0 Å². The highest BCUT2D eigenvalue weighted by atomic mass is 15.1. The Kier molecular flexibility index (Phi) is 6.07. The highest BCUT2D eigenvalue weighted by Crippen LogP contribution is 2.14. The average molecular weight is 224 g/mol. The molecule has 1 N–H and O–H groups in total. The Morgan fingerprint density at radius 3 is 2.75 bits per heavy atom. The standard InChI is InChI=1S/C14H28N2/c1-12(2)15-9-5-8-14(4)16-10-6-7-13(3)11-16/h7,12,14-15H,5-6,8-11H2,1-4H3. The molecule has 0 fully saturated rings. The van der Waals surface area contributed by atoms with Crippen LogP contribution in [0.1, 0.15) is 47.0 Å². The van der Waals surface area contributed by atoms with Crippen molar-refractivity contribution < 1.29 is 0 Å². The summed E-state index contributed by atoms with van der Waals surface area (Å²) in [5, 5.41) is 3.48. The Hall–Kier alpha value is -0.340. The lowest BCUT2D eigenvalue weighted by Gasteiger charge is -2.32. The lowest BCUT2D eigenvalue weighted by atomic mass is 10.1. The number of rotatable bonds is 6. The van der Waals surface area contributed by atoms with E-state index in [1.54, 1.807) is 5.57 Å². The first-order chi connectivity index (χ1) is 7.59. The van der Waals surface area contributed by atoms with Gasteiger partial charge in [-0.05, 0) is 39.7 Å². The van der Waals surface area contributed by atoms with Crippen molar-refractivity contribution in [2.75, 3.05) is 19.6 Å². The molecular formula is C14H28N2. The second-order valence-electron chi connectivity index (χ2n) is 5.41. The van der Waals surface area contributed by atoms with Gasteiger partial charge in [0.05, 0.1) is 0 Å². The van der Waals surface area contributed by atoms with E-state index < -0.39 is 0 Å². The highest BCUT2D eigenvalue weighted by Gasteiger charge is 2.15. The molecule has 16 heavy (non-hydrogen) atoms. The van der Waals surface area contributed by atoms with Gasteiger partial charge >= 0.3 is 0 Å². The average Bonchev–Trinajstić information content (AvgIpc) is 2.24. The van der Waals surface area contributed by atoms with Gasteiger partial charge in [0.15, 0.2) is 0 Å². The number of nitrogens with zero attached hydrogens (tertiary/aromatic N) is 1. The Balaban J connectivity index is 2.15. The molecule has 0 spiro atoms. The normalized spacial score (nSPS) is 19.9.